The fourth-order valence-electron chi connectivity index (χ4n) is 3.85. The van der Waals surface area contributed by atoms with Crippen LogP contribution in [0.2, 0.25) is 5.02 Å². The highest BCUT2D eigenvalue weighted by atomic mass is 35.5. The number of urea groups is 1. The van der Waals surface area contributed by atoms with E-state index < -0.39 is 23.9 Å². The molecule has 8 nitrogen and oxygen atoms in total. The molecule has 0 aliphatic rings. The Morgan fingerprint density at radius 1 is 0.795 bits per heavy atom. The molecule has 0 aliphatic carbocycles. The van der Waals surface area contributed by atoms with Gasteiger partial charge in [-0.3, -0.25) is 0 Å². The second-order valence-corrected chi connectivity index (χ2v) is 8.71. The first-order valence-corrected chi connectivity index (χ1v) is 12.0. The Hall–Kier alpha value is -4.76. The van der Waals surface area contributed by atoms with Crippen molar-refractivity contribution in [2.75, 3.05) is 24.9 Å². The number of aromatic carboxylic acids is 1. The van der Waals surface area contributed by atoms with E-state index in [4.69, 9.17) is 25.8 Å². The lowest BCUT2D eigenvalue weighted by atomic mass is 10.0. The molecule has 0 aliphatic heterocycles. The molecule has 10 heteroatoms. The number of hydrogen-bond donors (Lipinski definition) is 3. The van der Waals surface area contributed by atoms with Gasteiger partial charge in [-0.15, -0.1) is 0 Å². The highest BCUT2D eigenvalue weighted by molar-refractivity contribution is 6.30. The summed E-state index contributed by atoms with van der Waals surface area (Å²) < 4.78 is 30.6. The lowest BCUT2D eigenvalue weighted by Crippen LogP contribution is -2.20. The number of ether oxygens (including phenoxy) is 3. The first-order chi connectivity index (χ1) is 18.8. The number of amides is 2. The minimum Gasteiger partial charge on any atom is -0.493 e. The van der Waals surface area contributed by atoms with E-state index in [1.165, 1.54) is 44.6 Å². The Bertz CT molecular complexity index is 1500. The van der Waals surface area contributed by atoms with Gasteiger partial charge in [-0.2, -0.15) is 0 Å². The summed E-state index contributed by atoms with van der Waals surface area (Å²) in [6.45, 7) is 0. The topological polar surface area (TPSA) is 106 Å². The van der Waals surface area contributed by atoms with Gasteiger partial charge in [0.2, 0.25) is 0 Å². The predicted octanol–water partition coefficient (Wildman–Crippen LogP) is 7.01. The number of nitrogens with one attached hydrogen (secondary N) is 2. The van der Waals surface area contributed by atoms with Crippen LogP contribution < -0.4 is 24.8 Å². The Balaban J connectivity index is 1.58. The Morgan fingerprint density at radius 3 is 2.05 bits per heavy atom. The van der Waals surface area contributed by atoms with Crippen molar-refractivity contribution < 1.29 is 33.3 Å². The molecule has 0 spiro atoms. The van der Waals surface area contributed by atoms with Crippen LogP contribution in [-0.4, -0.2) is 31.3 Å². The van der Waals surface area contributed by atoms with Crippen molar-refractivity contribution in [3.63, 3.8) is 0 Å². The van der Waals surface area contributed by atoms with Gasteiger partial charge in [0.1, 0.15) is 23.2 Å². The summed E-state index contributed by atoms with van der Waals surface area (Å²) in [5, 5.41) is 15.7. The summed E-state index contributed by atoms with van der Waals surface area (Å²) in [6.07, 6.45) is -0.830. The fraction of sp³-hybridized carbons (Fsp3) is 0.103. The van der Waals surface area contributed by atoms with Crippen molar-refractivity contribution in [3.05, 3.63) is 112 Å². The molecule has 3 N–H and O–H groups in total. The monoisotopic (exact) mass is 550 g/mol. The number of hydrogen-bond acceptors (Lipinski definition) is 5. The maximum atomic E-state index is 14.0. The summed E-state index contributed by atoms with van der Waals surface area (Å²) in [6, 6.07) is 21.0. The zero-order valence-corrected chi connectivity index (χ0v) is 21.7. The molecular formula is C29H24ClFN2O6. The minimum atomic E-state index is -1.27. The zero-order chi connectivity index (χ0) is 27.9. The summed E-state index contributed by atoms with van der Waals surface area (Å²) >= 11 is 6.02. The van der Waals surface area contributed by atoms with Crippen molar-refractivity contribution >= 4 is 35.0 Å². The summed E-state index contributed by atoms with van der Waals surface area (Å²) in [7, 11) is 2.98. The third-order valence-corrected chi connectivity index (χ3v) is 5.93. The smallest absolute Gasteiger partial charge is 0.339 e. The van der Waals surface area contributed by atoms with E-state index in [1.807, 2.05) is 0 Å². The Kier molecular flexibility index (Phi) is 8.53. The van der Waals surface area contributed by atoms with Gasteiger partial charge in [-0.1, -0.05) is 35.9 Å². The van der Waals surface area contributed by atoms with Gasteiger partial charge in [0, 0.05) is 22.5 Å². The van der Waals surface area contributed by atoms with E-state index in [2.05, 4.69) is 10.6 Å². The molecule has 0 radical (unpaired) electrons. The van der Waals surface area contributed by atoms with Crippen molar-refractivity contribution in [1.29, 1.82) is 0 Å². The quantitative estimate of drug-likeness (QED) is 0.207. The van der Waals surface area contributed by atoms with Gasteiger partial charge in [0.15, 0.2) is 11.5 Å². The maximum Gasteiger partial charge on any atom is 0.339 e. The van der Waals surface area contributed by atoms with Crippen LogP contribution in [-0.2, 0) is 0 Å². The summed E-state index contributed by atoms with van der Waals surface area (Å²) in [5.74, 6) is -0.784. The van der Waals surface area contributed by atoms with Crippen LogP contribution in [0.5, 0.6) is 17.2 Å². The summed E-state index contributed by atoms with van der Waals surface area (Å²) in [4.78, 5) is 24.7. The standard InChI is InChI=1S/C29H24ClFN2O6/c1-37-25-13-11-22(16-26(25)38-2)33-29(36)32-21-10-12-24(23(15-21)28(34)35)39-27(17-6-8-19(30)9-7-17)18-4-3-5-20(31)14-18/h3-16,27H,1-2H3,(H,34,35)(H2,32,33,36). The lowest BCUT2D eigenvalue weighted by Gasteiger charge is -2.22. The Morgan fingerprint density at radius 2 is 1.44 bits per heavy atom. The highest BCUT2D eigenvalue weighted by Gasteiger charge is 2.21. The molecule has 4 aromatic rings. The van der Waals surface area contributed by atoms with Gasteiger partial charge in [-0.05, 0) is 65.7 Å². The van der Waals surface area contributed by atoms with E-state index in [-0.39, 0.29) is 17.0 Å². The average molecular weight is 551 g/mol. The number of halogens is 2. The van der Waals surface area contributed by atoms with Gasteiger partial charge >= 0.3 is 12.0 Å². The second-order valence-electron chi connectivity index (χ2n) is 8.27. The van der Waals surface area contributed by atoms with Crippen LogP contribution >= 0.6 is 11.6 Å². The van der Waals surface area contributed by atoms with E-state index in [0.29, 0.717) is 33.3 Å². The highest BCUT2D eigenvalue weighted by Crippen LogP contribution is 2.33. The van der Waals surface area contributed by atoms with E-state index in [0.717, 1.165) is 0 Å². The van der Waals surface area contributed by atoms with E-state index in [9.17, 15) is 19.1 Å². The minimum absolute atomic E-state index is 0.0255. The van der Waals surface area contributed by atoms with Gasteiger partial charge in [0.25, 0.3) is 0 Å². The van der Waals surface area contributed by atoms with E-state index in [1.54, 1.807) is 54.6 Å². The van der Waals surface area contributed by atoms with Crippen molar-refractivity contribution in [2.24, 2.45) is 0 Å². The molecule has 2 amide bonds. The number of anilines is 2. The summed E-state index contributed by atoms with van der Waals surface area (Å²) in [5.41, 5.74) is 1.56. The van der Waals surface area contributed by atoms with Gasteiger partial charge in [0.05, 0.1) is 14.2 Å². The fourth-order valence-corrected chi connectivity index (χ4v) is 3.97. The van der Waals surface area contributed by atoms with Gasteiger partial charge < -0.3 is 30.0 Å². The molecular weight excluding hydrogens is 527 g/mol. The largest absolute Gasteiger partial charge is 0.493 e. The Labute approximate surface area is 228 Å². The van der Waals surface area contributed by atoms with Gasteiger partial charge in [-0.25, -0.2) is 14.0 Å². The molecule has 0 bridgehead atoms. The number of carbonyl (C=O) groups is 2. The molecule has 0 aromatic heterocycles. The second kappa shape index (κ2) is 12.2. The number of carboxylic acids is 1. The van der Waals surface area contributed by atoms with Crippen LogP contribution in [0.25, 0.3) is 0 Å². The SMILES string of the molecule is COc1ccc(NC(=O)Nc2ccc(OC(c3ccc(Cl)cc3)c3cccc(F)c3)c(C(=O)O)c2)cc1OC. The molecule has 0 fully saturated rings. The number of carboxylic acid groups (broad SMARTS) is 1. The molecule has 1 atom stereocenters. The molecule has 200 valence electrons. The molecule has 4 aromatic carbocycles. The molecule has 39 heavy (non-hydrogen) atoms. The molecule has 4 rings (SSSR count). The van der Waals surface area contributed by atoms with Crippen LogP contribution in [0.15, 0.2) is 84.9 Å². The molecule has 0 saturated carbocycles. The normalized spacial score (nSPS) is 11.3. The average Bonchev–Trinajstić information content (AvgIpc) is 2.92. The zero-order valence-electron chi connectivity index (χ0n) is 20.9. The lowest BCUT2D eigenvalue weighted by molar-refractivity contribution is 0.0690. The molecule has 0 heterocycles. The van der Waals surface area contributed by atoms with Crippen LogP contribution in [0.1, 0.15) is 27.6 Å². The number of methoxy groups -OCH3 is 2. The predicted molar refractivity (Wildman–Crippen MR) is 146 cm³/mol. The third-order valence-electron chi connectivity index (χ3n) is 5.68. The maximum absolute atomic E-state index is 14.0. The van der Waals surface area contributed by atoms with Crippen LogP contribution in [0, 0.1) is 5.82 Å². The molecule has 0 saturated heterocycles. The van der Waals surface area contributed by atoms with Crippen molar-refractivity contribution in [1.82, 2.24) is 0 Å². The number of benzene rings is 4. The van der Waals surface area contributed by atoms with E-state index >= 15 is 0 Å². The third kappa shape index (κ3) is 6.77. The number of carbonyl (C=O) groups excluding carboxylic acids is 1. The van der Waals surface area contributed by atoms with Crippen LogP contribution in [0.3, 0.4) is 0 Å². The van der Waals surface area contributed by atoms with Crippen molar-refractivity contribution in [2.45, 2.75) is 6.10 Å². The molecule has 1 unspecified atom stereocenters. The van der Waals surface area contributed by atoms with Crippen molar-refractivity contribution in [3.8, 4) is 17.2 Å². The number of rotatable bonds is 9. The first kappa shape index (κ1) is 27.3. The van der Waals surface area contributed by atoms with Crippen LogP contribution in [0.4, 0.5) is 20.6 Å². The first-order valence-electron chi connectivity index (χ1n) is 11.6.